The van der Waals surface area contributed by atoms with E-state index in [4.69, 9.17) is 4.74 Å². The fourth-order valence-corrected chi connectivity index (χ4v) is 7.44. The Kier molecular flexibility index (Phi) is 7.14. The second kappa shape index (κ2) is 10.2. The molecule has 4 fully saturated rings. The van der Waals surface area contributed by atoms with Crippen molar-refractivity contribution in [3.8, 4) is 0 Å². The summed E-state index contributed by atoms with van der Waals surface area (Å²) in [4.78, 5) is 34.3. The van der Waals surface area contributed by atoms with E-state index in [-0.39, 0.29) is 17.9 Å². The molecule has 176 valence electrons. The molecule has 0 aromatic carbocycles. The van der Waals surface area contributed by atoms with Crippen molar-refractivity contribution >= 4 is 23.2 Å². The van der Waals surface area contributed by atoms with Crippen molar-refractivity contribution in [3.05, 3.63) is 22.4 Å². The third-order valence-electron chi connectivity index (χ3n) is 8.15. The van der Waals surface area contributed by atoms with Crippen molar-refractivity contribution in [2.75, 3.05) is 45.9 Å². The van der Waals surface area contributed by atoms with E-state index >= 15 is 0 Å². The van der Waals surface area contributed by atoms with Crippen molar-refractivity contribution in [1.29, 1.82) is 0 Å². The molecule has 1 aromatic rings. The van der Waals surface area contributed by atoms with E-state index in [9.17, 15) is 9.59 Å². The molecule has 0 N–H and O–H groups in total. The number of thiophene rings is 1. The largest absolute Gasteiger partial charge is 0.378 e. The lowest BCUT2D eigenvalue weighted by Crippen LogP contribution is -2.65. The zero-order valence-electron chi connectivity index (χ0n) is 19.1. The quantitative estimate of drug-likeness (QED) is 0.656. The van der Waals surface area contributed by atoms with Crippen LogP contribution in [0.2, 0.25) is 0 Å². The Hall–Kier alpha value is -1.44. The average Bonchev–Trinajstić information content (AvgIpc) is 3.34. The molecular formula is C25H37N3O3S. The first-order valence-corrected chi connectivity index (χ1v) is 13.5. The first-order chi connectivity index (χ1) is 15.7. The van der Waals surface area contributed by atoms with Crippen molar-refractivity contribution in [2.24, 2.45) is 11.8 Å². The maximum atomic E-state index is 13.5. The van der Waals surface area contributed by atoms with Gasteiger partial charge in [0.15, 0.2) is 0 Å². The van der Waals surface area contributed by atoms with E-state index in [2.05, 4.69) is 21.2 Å². The Morgan fingerprint density at radius 2 is 1.88 bits per heavy atom. The summed E-state index contributed by atoms with van der Waals surface area (Å²) in [6.45, 7) is 6.10. The van der Waals surface area contributed by atoms with Crippen LogP contribution in [0.15, 0.2) is 17.5 Å². The van der Waals surface area contributed by atoms with Gasteiger partial charge in [-0.3, -0.25) is 14.5 Å². The average molecular weight is 460 g/mol. The van der Waals surface area contributed by atoms with Gasteiger partial charge in [-0.2, -0.15) is 0 Å². The summed E-state index contributed by atoms with van der Waals surface area (Å²) < 4.78 is 5.39. The Bertz CT molecular complexity index is 777. The molecule has 4 aliphatic rings. The zero-order chi connectivity index (χ0) is 21.9. The van der Waals surface area contributed by atoms with Crippen LogP contribution in [-0.4, -0.2) is 84.5 Å². The zero-order valence-corrected chi connectivity index (χ0v) is 19.9. The molecule has 0 unspecified atom stereocenters. The molecule has 0 radical (unpaired) electrons. The highest BCUT2D eigenvalue weighted by Gasteiger charge is 2.49. The topological polar surface area (TPSA) is 53.1 Å². The minimum atomic E-state index is 0.251. The highest BCUT2D eigenvalue weighted by Crippen LogP contribution is 2.43. The van der Waals surface area contributed by atoms with Crippen LogP contribution in [0.25, 0.3) is 0 Å². The number of rotatable bonds is 6. The SMILES string of the molecule is O=C(CCC[C@@H]1[C@H]2CCCN3CCC[C@@H](CN1C(=O)Cc1cccs1)[C@@H]23)N1CCOCC1. The van der Waals surface area contributed by atoms with Crippen LogP contribution in [0.4, 0.5) is 0 Å². The maximum Gasteiger partial charge on any atom is 0.228 e. The predicted octanol–water partition coefficient (Wildman–Crippen LogP) is 3.02. The van der Waals surface area contributed by atoms with E-state index in [0.29, 0.717) is 43.9 Å². The Morgan fingerprint density at radius 1 is 1.06 bits per heavy atom. The van der Waals surface area contributed by atoms with Crippen LogP contribution in [0.5, 0.6) is 0 Å². The van der Waals surface area contributed by atoms with Gasteiger partial charge in [0.25, 0.3) is 0 Å². The maximum absolute atomic E-state index is 13.5. The number of carbonyl (C=O) groups excluding carboxylic acids is 2. The summed E-state index contributed by atoms with van der Waals surface area (Å²) in [6, 6.07) is 5.04. The standard InChI is InChI=1S/C25H37N3O3S/c29-23(26-12-14-31-15-13-26)9-1-8-22-21-7-3-11-27-10-2-5-19(25(21)27)18-28(22)24(30)17-20-6-4-16-32-20/h4,6,16,19,21-22,25H,1-3,5,7-15,17-18H2/t19-,21+,22+,25-/m0/s1. The number of likely N-dealkylation sites (tertiary alicyclic amines) is 1. The van der Waals surface area contributed by atoms with Crippen molar-refractivity contribution in [3.63, 3.8) is 0 Å². The summed E-state index contributed by atoms with van der Waals surface area (Å²) in [5, 5.41) is 2.06. The Balaban J connectivity index is 1.28. The highest BCUT2D eigenvalue weighted by atomic mass is 32.1. The van der Waals surface area contributed by atoms with Crippen molar-refractivity contribution < 1.29 is 14.3 Å². The molecule has 0 saturated carbocycles. The van der Waals surface area contributed by atoms with Crippen LogP contribution in [-0.2, 0) is 20.7 Å². The molecular weight excluding hydrogens is 422 g/mol. The molecule has 4 atom stereocenters. The number of hydrogen-bond donors (Lipinski definition) is 0. The van der Waals surface area contributed by atoms with Gasteiger partial charge in [0.2, 0.25) is 11.8 Å². The second-order valence-electron chi connectivity index (χ2n) is 9.99. The van der Waals surface area contributed by atoms with Crippen LogP contribution >= 0.6 is 11.3 Å². The fraction of sp³-hybridized carbons (Fsp3) is 0.760. The Labute approximate surface area is 195 Å². The fourth-order valence-electron chi connectivity index (χ4n) is 6.75. The molecule has 7 heteroatoms. The van der Waals surface area contributed by atoms with Gasteiger partial charge in [0.1, 0.15) is 0 Å². The van der Waals surface area contributed by atoms with Gasteiger partial charge in [-0.05, 0) is 74.9 Å². The van der Waals surface area contributed by atoms with Crippen molar-refractivity contribution in [1.82, 2.24) is 14.7 Å². The monoisotopic (exact) mass is 459 g/mol. The molecule has 1 aromatic heterocycles. The number of nitrogens with zero attached hydrogens (tertiary/aromatic N) is 3. The summed E-state index contributed by atoms with van der Waals surface area (Å²) >= 11 is 1.68. The molecule has 0 spiro atoms. The first kappa shape index (κ1) is 22.4. The number of ether oxygens (including phenoxy) is 1. The number of hydrogen-bond acceptors (Lipinski definition) is 5. The van der Waals surface area contributed by atoms with Crippen LogP contribution in [0.1, 0.15) is 49.8 Å². The van der Waals surface area contributed by atoms with E-state index in [1.54, 1.807) is 11.3 Å². The predicted molar refractivity (Wildman–Crippen MR) is 126 cm³/mol. The van der Waals surface area contributed by atoms with Gasteiger partial charge in [-0.1, -0.05) is 6.07 Å². The second-order valence-corrected chi connectivity index (χ2v) is 11.0. The van der Waals surface area contributed by atoms with Gasteiger partial charge >= 0.3 is 0 Å². The van der Waals surface area contributed by atoms with E-state index in [0.717, 1.165) is 37.4 Å². The third kappa shape index (κ3) is 4.75. The molecule has 6 nitrogen and oxygen atoms in total. The van der Waals surface area contributed by atoms with Gasteiger partial charge in [0.05, 0.1) is 19.6 Å². The third-order valence-corrected chi connectivity index (χ3v) is 9.03. The van der Waals surface area contributed by atoms with E-state index < -0.39 is 0 Å². The molecule has 0 bridgehead atoms. The smallest absolute Gasteiger partial charge is 0.228 e. The summed E-state index contributed by atoms with van der Waals surface area (Å²) in [7, 11) is 0. The minimum Gasteiger partial charge on any atom is -0.378 e. The van der Waals surface area contributed by atoms with Crippen molar-refractivity contribution in [2.45, 2.75) is 63.5 Å². The van der Waals surface area contributed by atoms with Crippen LogP contribution in [0, 0.1) is 11.8 Å². The summed E-state index contributed by atoms with van der Waals surface area (Å²) in [5.74, 6) is 1.72. The molecule has 0 aliphatic carbocycles. The van der Waals surface area contributed by atoms with Gasteiger partial charge in [-0.15, -0.1) is 11.3 Å². The molecule has 5 heterocycles. The normalized spacial score (nSPS) is 30.8. The molecule has 5 rings (SSSR count). The summed E-state index contributed by atoms with van der Waals surface area (Å²) in [5.41, 5.74) is 0. The number of carbonyl (C=O) groups is 2. The molecule has 4 aliphatic heterocycles. The number of amides is 2. The van der Waals surface area contributed by atoms with Gasteiger partial charge in [0, 0.05) is 43.0 Å². The lowest BCUT2D eigenvalue weighted by molar-refractivity contribution is -0.145. The van der Waals surface area contributed by atoms with Crippen LogP contribution in [0.3, 0.4) is 0 Å². The van der Waals surface area contributed by atoms with E-state index in [1.165, 1.54) is 38.8 Å². The van der Waals surface area contributed by atoms with E-state index in [1.807, 2.05) is 11.0 Å². The lowest BCUT2D eigenvalue weighted by atomic mass is 9.69. The highest BCUT2D eigenvalue weighted by molar-refractivity contribution is 7.10. The lowest BCUT2D eigenvalue weighted by Gasteiger charge is -2.57. The number of piperidine rings is 3. The first-order valence-electron chi connectivity index (χ1n) is 12.6. The summed E-state index contributed by atoms with van der Waals surface area (Å²) in [6.07, 6.45) is 7.92. The molecule has 2 amide bonds. The number of morpholine rings is 1. The van der Waals surface area contributed by atoms with Crippen LogP contribution < -0.4 is 0 Å². The van der Waals surface area contributed by atoms with Gasteiger partial charge < -0.3 is 14.5 Å². The Morgan fingerprint density at radius 3 is 2.66 bits per heavy atom. The molecule has 4 saturated heterocycles. The molecule has 32 heavy (non-hydrogen) atoms. The minimum absolute atomic E-state index is 0.251. The van der Waals surface area contributed by atoms with Gasteiger partial charge in [-0.25, -0.2) is 0 Å².